The minimum atomic E-state index is -0.757. The molecule has 0 unspecified atom stereocenters. The van der Waals surface area contributed by atoms with Gasteiger partial charge in [0, 0.05) is 36.6 Å². The van der Waals surface area contributed by atoms with Crippen molar-refractivity contribution in [3.8, 4) is 0 Å². The molecule has 1 aliphatic rings. The van der Waals surface area contributed by atoms with E-state index in [0.717, 1.165) is 32.6 Å². The quantitative estimate of drug-likeness (QED) is 0.903. The highest BCUT2D eigenvalue weighted by atomic mass is 35.5. The number of rotatable bonds is 5. The van der Waals surface area contributed by atoms with E-state index in [4.69, 9.17) is 16.7 Å². The van der Waals surface area contributed by atoms with Crippen LogP contribution in [0.4, 0.5) is 0 Å². The number of carboxylic acid groups (broad SMARTS) is 1. The number of nitrogens with zero attached hydrogens (tertiary/aromatic N) is 2. The molecular formula is C16H21ClN2O3. The summed E-state index contributed by atoms with van der Waals surface area (Å²) in [5.41, 5.74) is 0.617. The molecule has 1 fully saturated rings. The summed E-state index contributed by atoms with van der Waals surface area (Å²) >= 11 is 5.94. The Bertz CT molecular complexity index is 536. The Labute approximate surface area is 135 Å². The second kappa shape index (κ2) is 8.15. The molecule has 0 atom stereocenters. The number of aliphatic carboxylic acids is 1. The molecule has 1 aromatic carbocycles. The van der Waals surface area contributed by atoms with Crippen LogP contribution in [0.5, 0.6) is 0 Å². The normalized spacial score (nSPS) is 16.3. The van der Waals surface area contributed by atoms with Crippen molar-refractivity contribution in [3.05, 3.63) is 34.9 Å². The van der Waals surface area contributed by atoms with Crippen LogP contribution in [0, 0.1) is 0 Å². The van der Waals surface area contributed by atoms with Gasteiger partial charge in [0.25, 0.3) is 5.91 Å². The predicted octanol–water partition coefficient (Wildman–Crippen LogP) is 2.35. The van der Waals surface area contributed by atoms with E-state index in [1.165, 1.54) is 0 Å². The Balaban J connectivity index is 1.87. The molecular weight excluding hydrogens is 304 g/mol. The van der Waals surface area contributed by atoms with Gasteiger partial charge in [-0.15, -0.1) is 0 Å². The lowest BCUT2D eigenvalue weighted by Crippen LogP contribution is -2.35. The minimum Gasteiger partial charge on any atom is -0.481 e. The molecule has 2 rings (SSSR count). The zero-order chi connectivity index (χ0) is 15.9. The lowest BCUT2D eigenvalue weighted by atomic mass is 10.2. The fraction of sp³-hybridized carbons (Fsp3) is 0.500. The highest BCUT2D eigenvalue weighted by molar-refractivity contribution is 6.30. The van der Waals surface area contributed by atoms with Crippen molar-refractivity contribution in [2.75, 3.05) is 32.7 Å². The van der Waals surface area contributed by atoms with Gasteiger partial charge in [-0.3, -0.25) is 9.59 Å². The monoisotopic (exact) mass is 324 g/mol. The summed E-state index contributed by atoms with van der Waals surface area (Å²) in [6.45, 7) is 3.84. The molecule has 22 heavy (non-hydrogen) atoms. The summed E-state index contributed by atoms with van der Waals surface area (Å²) < 4.78 is 0. The maximum Gasteiger partial charge on any atom is 0.303 e. The van der Waals surface area contributed by atoms with Crippen LogP contribution >= 0.6 is 11.6 Å². The molecule has 120 valence electrons. The van der Waals surface area contributed by atoms with Crippen LogP contribution in [0.1, 0.15) is 29.6 Å². The summed E-state index contributed by atoms with van der Waals surface area (Å²) in [4.78, 5) is 27.1. The van der Waals surface area contributed by atoms with E-state index in [2.05, 4.69) is 4.90 Å². The number of hydrogen-bond acceptors (Lipinski definition) is 3. The number of benzene rings is 1. The first kappa shape index (κ1) is 16.8. The van der Waals surface area contributed by atoms with Crippen LogP contribution in [0.15, 0.2) is 24.3 Å². The number of carboxylic acids is 1. The molecule has 1 aromatic rings. The molecule has 1 N–H and O–H groups in total. The maximum atomic E-state index is 12.5. The standard InChI is InChI=1S/C16H21ClN2O3/c17-14-5-1-4-13(12-14)16(22)19-9-3-8-18(10-11-19)7-2-6-15(20)21/h1,4-5,12H,2-3,6-11H2,(H,20,21). The van der Waals surface area contributed by atoms with Crippen LogP contribution in [0.25, 0.3) is 0 Å². The van der Waals surface area contributed by atoms with E-state index in [1.54, 1.807) is 24.3 Å². The van der Waals surface area contributed by atoms with E-state index in [-0.39, 0.29) is 12.3 Å². The van der Waals surface area contributed by atoms with E-state index in [9.17, 15) is 9.59 Å². The van der Waals surface area contributed by atoms with E-state index in [0.29, 0.717) is 23.6 Å². The molecule has 5 nitrogen and oxygen atoms in total. The third-order valence-corrected chi connectivity index (χ3v) is 4.05. The van der Waals surface area contributed by atoms with Gasteiger partial charge in [-0.1, -0.05) is 17.7 Å². The van der Waals surface area contributed by atoms with Gasteiger partial charge in [0.05, 0.1) is 0 Å². The summed E-state index contributed by atoms with van der Waals surface area (Å²) in [6, 6.07) is 7.01. The van der Waals surface area contributed by atoms with Crippen LogP contribution in [0.3, 0.4) is 0 Å². The Morgan fingerprint density at radius 2 is 2.00 bits per heavy atom. The van der Waals surface area contributed by atoms with Crippen molar-refractivity contribution in [2.24, 2.45) is 0 Å². The molecule has 1 saturated heterocycles. The minimum absolute atomic E-state index is 0.00915. The number of carbonyl (C=O) groups excluding carboxylic acids is 1. The molecule has 0 aliphatic carbocycles. The van der Waals surface area contributed by atoms with Gasteiger partial charge < -0.3 is 14.9 Å². The first-order valence-corrected chi connectivity index (χ1v) is 7.93. The zero-order valence-corrected chi connectivity index (χ0v) is 13.3. The number of halogens is 1. The van der Waals surface area contributed by atoms with Crippen molar-refractivity contribution in [2.45, 2.75) is 19.3 Å². The highest BCUT2D eigenvalue weighted by Gasteiger charge is 2.20. The molecule has 0 spiro atoms. The third kappa shape index (κ3) is 5.00. The lowest BCUT2D eigenvalue weighted by molar-refractivity contribution is -0.137. The maximum absolute atomic E-state index is 12.5. The Morgan fingerprint density at radius 3 is 2.73 bits per heavy atom. The SMILES string of the molecule is O=C(O)CCCN1CCCN(C(=O)c2cccc(Cl)c2)CC1. The van der Waals surface area contributed by atoms with E-state index < -0.39 is 5.97 Å². The second-order valence-electron chi connectivity index (χ2n) is 5.50. The molecule has 0 aromatic heterocycles. The summed E-state index contributed by atoms with van der Waals surface area (Å²) in [7, 11) is 0. The van der Waals surface area contributed by atoms with Gasteiger partial charge in [-0.25, -0.2) is 0 Å². The molecule has 1 heterocycles. The Morgan fingerprint density at radius 1 is 1.18 bits per heavy atom. The van der Waals surface area contributed by atoms with Crippen molar-refractivity contribution >= 4 is 23.5 Å². The van der Waals surface area contributed by atoms with E-state index >= 15 is 0 Å². The topological polar surface area (TPSA) is 60.9 Å². The van der Waals surface area contributed by atoms with Gasteiger partial charge in [0.1, 0.15) is 0 Å². The van der Waals surface area contributed by atoms with Crippen LogP contribution in [-0.4, -0.2) is 59.5 Å². The number of hydrogen-bond donors (Lipinski definition) is 1. The molecule has 6 heteroatoms. The largest absolute Gasteiger partial charge is 0.481 e. The van der Waals surface area contributed by atoms with Crippen molar-refractivity contribution in [1.29, 1.82) is 0 Å². The second-order valence-corrected chi connectivity index (χ2v) is 5.93. The molecule has 1 aliphatic heterocycles. The fourth-order valence-corrected chi connectivity index (χ4v) is 2.85. The Kier molecular flexibility index (Phi) is 6.21. The predicted molar refractivity (Wildman–Crippen MR) is 85.3 cm³/mol. The molecule has 1 amide bonds. The van der Waals surface area contributed by atoms with Crippen LogP contribution < -0.4 is 0 Å². The van der Waals surface area contributed by atoms with E-state index in [1.807, 2.05) is 4.90 Å². The van der Waals surface area contributed by atoms with Crippen LogP contribution in [-0.2, 0) is 4.79 Å². The van der Waals surface area contributed by atoms with Crippen LogP contribution in [0.2, 0.25) is 5.02 Å². The van der Waals surface area contributed by atoms with Gasteiger partial charge in [-0.05, 0) is 44.1 Å². The van der Waals surface area contributed by atoms with Crippen molar-refractivity contribution in [3.63, 3.8) is 0 Å². The lowest BCUT2D eigenvalue weighted by Gasteiger charge is -2.22. The van der Waals surface area contributed by atoms with Gasteiger partial charge in [-0.2, -0.15) is 0 Å². The molecule has 0 bridgehead atoms. The highest BCUT2D eigenvalue weighted by Crippen LogP contribution is 2.14. The third-order valence-electron chi connectivity index (χ3n) is 3.81. The average molecular weight is 325 g/mol. The number of carbonyl (C=O) groups is 2. The Hall–Kier alpha value is -1.59. The summed E-state index contributed by atoms with van der Waals surface area (Å²) in [5, 5.41) is 9.25. The smallest absolute Gasteiger partial charge is 0.303 e. The summed E-state index contributed by atoms with van der Waals surface area (Å²) in [5.74, 6) is -0.748. The zero-order valence-electron chi connectivity index (χ0n) is 12.5. The first-order valence-electron chi connectivity index (χ1n) is 7.55. The average Bonchev–Trinajstić information content (AvgIpc) is 2.72. The molecule has 0 saturated carbocycles. The fourth-order valence-electron chi connectivity index (χ4n) is 2.66. The van der Waals surface area contributed by atoms with Crippen molar-refractivity contribution < 1.29 is 14.7 Å². The van der Waals surface area contributed by atoms with Gasteiger partial charge in [0.2, 0.25) is 0 Å². The van der Waals surface area contributed by atoms with Gasteiger partial charge >= 0.3 is 5.97 Å². The molecule has 0 radical (unpaired) electrons. The first-order chi connectivity index (χ1) is 10.6. The van der Waals surface area contributed by atoms with Crippen molar-refractivity contribution in [1.82, 2.24) is 9.80 Å². The van der Waals surface area contributed by atoms with Gasteiger partial charge in [0.15, 0.2) is 0 Å². The summed E-state index contributed by atoms with van der Waals surface area (Å²) in [6.07, 6.45) is 1.75. The number of amides is 1.